The molecule has 1 aromatic rings. The minimum atomic E-state index is -0.435. The number of hydrogen-bond acceptors (Lipinski definition) is 5. The second kappa shape index (κ2) is 15.1. The number of β-amino-alcohol motifs (C(OH)–C–C–N with tert-alkyl or cyclic N) is 1. The molecule has 0 aromatic heterocycles. The van der Waals surface area contributed by atoms with Crippen molar-refractivity contribution in [3.05, 3.63) is 35.4 Å². The average molecular weight is 574 g/mol. The third-order valence-corrected chi connectivity index (χ3v) is 6.29. The van der Waals surface area contributed by atoms with Crippen LogP contribution in [0.3, 0.4) is 0 Å². The number of aliphatic imine (C=N–C) groups is 1. The first kappa shape index (κ1) is 28.3. The van der Waals surface area contributed by atoms with Crippen LogP contribution in [-0.2, 0) is 17.7 Å². The predicted octanol–water partition coefficient (Wildman–Crippen LogP) is 2.33. The van der Waals surface area contributed by atoms with E-state index in [1.807, 2.05) is 0 Å². The van der Waals surface area contributed by atoms with Crippen LogP contribution in [-0.4, -0.2) is 92.0 Å². The van der Waals surface area contributed by atoms with Gasteiger partial charge >= 0.3 is 0 Å². The summed E-state index contributed by atoms with van der Waals surface area (Å²) in [6, 6.07) is 9.05. The Labute approximate surface area is 217 Å². The molecule has 1 aromatic carbocycles. The number of nitrogens with zero attached hydrogens (tertiary/aromatic N) is 3. The Hall–Kier alpha value is -0.940. The molecule has 2 unspecified atom stereocenters. The molecular weight excluding hydrogens is 529 g/mol. The number of hydrogen-bond donors (Lipinski definition) is 3. The lowest BCUT2D eigenvalue weighted by molar-refractivity contribution is 0.0143. The zero-order valence-electron chi connectivity index (χ0n) is 20.6. The first-order chi connectivity index (χ1) is 15.5. The maximum absolute atomic E-state index is 10.7. The van der Waals surface area contributed by atoms with Gasteiger partial charge in [0.2, 0.25) is 0 Å². The Morgan fingerprint density at radius 2 is 1.85 bits per heavy atom. The molecule has 2 heterocycles. The molecule has 7 nitrogen and oxygen atoms in total. The molecule has 1 saturated heterocycles. The molecule has 0 spiro atoms. The Morgan fingerprint density at radius 3 is 2.55 bits per heavy atom. The molecule has 0 aliphatic carbocycles. The van der Waals surface area contributed by atoms with E-state index in [9.17, 15) is 5.11 Å². The summed E-state index contributed by atoms with van der Waals surface area (Å²) in [5, 5.41) is 17.4. The van der Waals surface area contributed by atoms with E-state index >= 15 is 0 Å². The number of halogens is 1. The van der Waals surface area contributed by atoms with E-state index in [1.54, 1.807) is 0 Å². The molecule has 188 valence electrons. The summed E-state index contributed by atoms with van der Waals surface area (Å²) in [6.07, 6.45) is 1.75. The minimum Gasteiger partial charge on any atom is -0.390 e. The highest BCUT2D eigenvalue weighted by Gasteiger charge is 2.22. The summed E-state index contributed by atoms with van der Waals surface area (Å²) in [5.74, 6) is 1.42. The predicted molar refractivity (Wildman–Crippen MR) is 146 cm³/mol. The van der Waals surface area contributed by atoms with E-state index in [2.05, 4.69) is 65.5 Å². The van der Waals surface area contributed by atoms with E-state index in [0.29, 0.717) is 25.0 Å². The van der Waals surface area contributed by atoms with Crippen LogP contribution < -0.4 is 10.6 Å². The maximum atomic E-state index is 10.7. The van der Waals surface area contributed by atoms with E-state index in [0.717, 1.165) is 71.3 Å². The fraction of sp³-hybridized carbons (Fsp3) is 0.720. The molecule has 0 radical (unpaired) electrons. The van der Waals surface area contributed by atoms with Crippen molar-refractivity contribution < 1.29 is 9.84 Å². The van der Waals surface area contributed by atoms with Crippen molar-refractivity contribution in [1.29, 1.82) is 0 Å². The number of morpholine rings is 1. The molecule has 2 aliphatic rings. The second-order valence-corrected chi connectivity index (χ2v) is 9.44. The third kappa shape index (κ3) is 9.68. The Bertz CT molecular complexity index is 712. The fourth-order valence-corrected chi connectivity index (χ4v) is 4.65. The van der Waals surface area contributed by atoms with Crippen molar-refractivity contribution in [3.8, 4) is 0 Å². The lowest BCUT2D eigenvalue weighted by atomic mass is 10.00. The van der Waals surface area contributed by atoms with Crippen LogP contribution >= 0.6 is 24.0 Å². The normalized spacial score (nSPS) is 19.5. The number of nitrogens with one attached hydrogen (secondary N) is 2. The summed E-state index contributed by atoms with van der Waals surface area (Å²) in [5.41, 5.74) is 2.82. The highest BCUT2D eigenvalue weighted by molar-refractivity contribution is 14.0. The van der Waals surface area contributed by atoms with E-state index in [-0.39, 0.29) is 24.0 Å². The van der Waals surface area contributed by atoms with Gasteiger partial charge in [-0.1, -0.05) is 38.1 Å². The number of benzene rings is 1. The quantitative estimate of drug-likeness (QED) is 0.227. The fourth-order valence-electron chi connectivity index (χ4n) is 4.65. The zero-order chi connectivity index (χ0) is 22.8. The number of guanidine groups is 1. The van der Waals surface area contributed by atoms with Crippen LogP contribution in [0.5, 0.6) is 0 Å². The molecule has 8 heteroatoms. The lowest BCUT2D eigenvalue weighted by Gasteiger charge is -2.34. The summed E-state index contributed by atoms with van der Waals surface area (Å²) in [6.45, 7) is 14.8. The summed E-state index contributed by atoms with van der Waals surface area (Å²) in [7, 11) is 0. The van der Waals surface area contributed by atoms with Gasteiger partial charge in [-0.2, -0.15) is 0 Å². The second-order valence-electron chi connectivity index (χ2n) is 9.44. The van der Waals surface area contributed by atoms with Gasteiger partial charge in [-0.3, -0.25) is 14.8 Å². The molecule has 3 rings (SSSR count). The van der Waals surface area contributed by atoms with Gasteiger partial charge in [-0.05, 0) is 36.8 Å². The third-order valence-electron chi connectivity index (χ3n) is 6.29. The largest absolute Gasteiger partial charge is 0.390 e. The zero-order valence-corrected chi connectivity index (χ0v) is 23.0. The van der Waals surface area contributed by atoms with Gasteiger partial charge in [-0.25, -0.2) is 0 Å². The van der Waals surface area contributed by atoms with E-state index < -0.39 is 6.10 Å². The monoisotopic (exact) mass is 573 g/mol. The highest BCUT2D eigenvalue weighted by Crippen LogP contribution is 2.18. The van der Waals surface area contributed by atoms with E-state index in [4.69, 9.17) is 9.73 Å². The van der Waals surface area contributed by atoms with Crippen molar-refractivity contribution in [1.82, 2.24) is 20.4 Å². The Balaban J connectivity index is 0.00000385. The molecular formula is C25H44IN5O2. The SMILES string of the molecule is CCNC(=NCC(CC(C)C)N1CCOCC1)NCC(O)CN1CCc2ccccc2C1.I. The molecule has 33 heavy (non-hydrogen) atoms. The topological polar surface area (TPSA) is 72.4 Å². The molecule has 0 saturated carbocycles. The van der Waals surface area contributed by atoms with Crippen molar-refractivity contribution in [2.75, 3.05) is 59.0 Å². The number of aliphatic hydroxyl groups is 1. The van der Waals surface area contributed by atoms with Gasteiger partial charge in [0.15, 0.2) is 5.96 Å². The van der Waals surface area contributed by atoms with Gasteiger partial charge in [0.05, 0.1) is 25.9 Å². The van der Waals surface area contributed by atoms with Gasteiger partial charge in [-0.15, -0.1) is 24.0 Å². The van der Waals surface area contributed by atoms with Gasteiger partial charge in [0, 0.05) is 51.9 Å². The van der Waals surface area contributed by atoms with E-state index in [1.165, 1.54) is 11.1 Å². The van der Waals surface area contributed by atoms with Crippen LogP contribution in [0.1, 0.15) is 38.3 Å². The number of rotatable bonds is 10. The van der Waals surface area contributed by atoms with Crippen LogP contribution in [0.25, 0.3) is 0 Å². The molecule has 0 bridgehead atoms. The highest BCUT2D eigenvalue weighted by atomic mass is 127. The summed E-state index contributed by atoms with van der Waals surface area (Å²) < 4.78 is 5.53. The lowest BCUT2D eigenvalue weighted by Crippen LogP contribution is -2.47. The maximum Gasteiger partial charge on any atom is 0.191 e. The van der Waals surface area contributed by atoms with Crippen LogP contribution in [0.4, 0.5) is 0 Å². The first-order valence-electron chi connectivity index (χ1n) is 12.4. The first-order valence-corrected chi connectivity index (χ1v) is 12.4. The minimum absolute atomic E-state index is 0. The number of ether oxygens (including phenoxy) is 1. The average Bonchev–Trinajstić information content (AvgIpc) is 2.80. The Kier molecular flexibility index (Phi) is 13.0. The van der Waals surface area contributed by atoms with Crippen molar-refractivity contribution >= 4 is 29.9 Å². The summed E-state index contributed by atoms with van der Waals surface area (Å²) >= 11 is 0. The standard InChI is InChI=1S/C25H43N5O2.HI/c1-4-26-25(27-16-23(15-20(2)3)30-11-13-32-14-12-30)28-17-24(31)19-29-10-9-21-7-5-6-8-22(21)18-29;/h5-8,20,23-24,31H,4,9-19H2,1-3H3,(H2,26,27,28);1H. The molecule has 2 atom stereocenters. The van der Waals surface area contributed by atoms with Crippen LogP contribution in [0.15, 0.2) is 29.3 Å². The van der Waals surface area contributed by atoms with Gasteiger partial charge in [0.25, 0.3) is 0 Å². The smallest absolute Gasteiger partial charge is 0.191 e. The van der Waals surface area contributed by atoms with Crippen molar-refractivity contribution in [2.45, 2.75) is 52.3 Å². The Morgan fingerprint density at radius 1 is 1.12 bits per heavy atom. The van der Waals surface area contributed by atoms with Crippen molar-refractivity contribution in [3.63, 3.8) is 0 Å². The van der Waals surface area contributed by atoms with Crippen LogP contribution in [0.2, 0.25) is 0 Å². The van der Waals surface area contributed by atoms with Gasteiger partial charge < -0.3 is 20.5 Å². The number of fused-ring (bicyclic) bond motifs is 1. The molecule has 3 N–H and O–H groups in total. The molecule has 1 fully saturated rings. The number of aliphatic hydroxyl groups excluding tert-OH is 1. The van der Waals surface area contributed by atoms with Crippen molar-refractivity contribution in [2.24, 2.45) is 10.9 Å². The molecule has 2 aliphatic heterocycles. The molecule has 0 amide bonds. The summed E-state index contributed by atoms with van der Waals surface area (Å²) in [4.78, 5) is 9.73. The van der Waals surface area contributed by atoms with Crippen LogP contribution in [0, 0.1) is 5.92 Å². The van der Waals surface area contributed by atoms with Gasteiger partial charge in [0.1, 0.15) is 0 Å².